The van der Waals surface area contributed by atoms with E-state index in [-0.39, 0.29) is 6.09 Å². The number of imidazole rings is 1. The first-order valence-electron chi connectivity index (χ1n) is 7.52. The minimum absolute atomic E-state index is 0.201. The average Bonchev–Trinajstić information content (AvgIpc) is 2.97. The van der Waals surface area contributed by atoms with Crippen molar-refractivity contribution in [3.05, 3.63) is 17.7 Å². The molecule has 0 saturated carbocycles. The monoisotopic (exact) mass is 294 g/mol. The highest BCUT2D eigenvalue weighted by Crippen LogP contribution is 2.19. The number of aromatic amines is 1. The topological polar surface area (TPSA) is 70.2 Å². The average molecular weight is 294 g/mol. The standard InChI is InChI=1S/C15H26N4O2/c1-11-13(18-10-17-11)8-16-7-12-5-6-19(9-12)14(20)21-15(2,3)4/h10,12,16H,5-9H2,1-4H3,(H,17,18). The van der Waals surface area contributed by atoms with E-state index in [0.29, 0.717) is 5.92 Å². The van der Waals surface area contributed by atoms with Crippen LogP contribution in [0.5, 0.6) is 0 Å². The number of nitrogens with one attached hydrogen (secondary N) is 2. The van der Waals surface area contributed by atoms with Gasteiger partial charge < -0.3 is 19.9 Å². The SMILES string of the molecule is Cc1[nH]cnc1CNCC1CCN(C(=O)OC(C)(C)C)C1. The van der Waals surface area contributed by atoms with E-state index in [1.807, 2.05) is 27.7 Å². The van der Waals surface area contributed by atoms with Crippen molar-refractivity contribution in [3.8, 4) is 0 Å². The molecule has 0 aromatic carbocycles. The molecule has 1 aliphatic heterocycles. The molecule has 1 saturated heterocycles. The van der Waals surface area contributed by atoms with Crippen LogP contribution in [0.4, 0.5) is 4.79 Å². The fourth-order valence-corrected chi connectivity index (χ4v) is 2.45. The quantitative estimate of drug-likeness (QED) is 0.892. The van der Waals surface area contributed by atoms with Crippen LogP contribution in [0.25, 0.3) is 0 Å². The molecule has 21 heavy (non-hydrogen) atoms. The van der Waals surface area contributed by atoms with E-state index in [0.717, 1.165) is 44.0 Å². The summed E-state index contributed by atoms with van der Waals surface area (Å²) < 4.78 is 5.40. The predicted octanol–water partition coefficient (Wildman–Crippen LogP) is 2.06. The number of carbonyl (C=O) groups is 1. The lowest BCUT2D eigenvalue weighted by Crippen LogP contribution is -2.36. The Morgan fingerprint density at radius 1 is 1.57 bits per heavy atom. The van der Waals surface area contributed by atoms with Gasteiger partial charge in [-0.15, -0.1) is 0 Å². The van der Waals surface area contributed by atoms with Crippen LogP contribution in [-0.4, -0.2) is 46.2 Å². The highest BCUT2D eigenvalue weighted by atomic mass is 16.6. The molecule has 0 aliphatic carbocycles. The number of hydrogen-bond acceptors (Lipinski definition) is 4. The molecular formula is C15H26N4O2. The number of aromatic nitrogens is 2. The summed E-state index contributed by atoms with van der Waals surface area (Å²) in [7, 11) is 0. The third-order valence-corrected chi connectivity index (χ3v) is 3.60. The van der Waals surface area contributed by atoms with Gasteiger partial charge in [-0.05, 0) is 40.0 Å². The molecular weight excluding hydrogens is 268 g/mol. The molecule has 2 N–H and O–H groups in total. The number of aryl methyl sites for hydroxylation is 1. The Balaban J connectivity index is 1.70. The van der Waals surface area contributed by atoms with E-state index < -0.39 is 5.60 Å². The number of hydrogen-bond donors (Lipinski definition) is 2. The van der Waals surface area contributed by atoms with Crippen LogP contribution < -0.4 is 5.32 Å². The van der Waals surface area contributed by atoms with Crippen LogP contribution in [0.1, 0.15) is 38.6 Å². The highest BCUT2D eigenvalue weighted by molar-refractivity contribution is 5.68. The fraction of sp³-hybridized carbons (Fsp3) is 0.733. The molecule has 1 aromatic rings. The van der Waals surface area contributed by atoms with Crippen molar-refractivity contribution in [1.82, 2.24) is 20.2 Å². The summed E-state index contributed by atoms with van der Waals surface area (Å²) in [6, 6.07) is 0. The maximum absolute atomic E-state index is 12.0. The smallest absolute Gasteiger partial charge is 0.410 e. The molecule has 1 aromatic heterocycles. The lowest BCUT2D eigenvalue weighted by molar-refractivity contribution is 0.0288. The number of amides is 1. The Labute approximate surface area is 126 Å². The summed E-state index contributed by atoms with van der Waals surface area (Å²) in [4.78, 5) is 21.1. The van der Waals surface area contributed by atoms with Gasteiger partial charge in [0.25, 0.3) is 0 Å². The Hall–Kier alpha value is -1.56. The molecule has 1 aliphatic rings. The maximum atomic E-state index is 12.0. The van der Waals surface area contributed by atoms with E-state index in [2.05, 4.69) is 15.3 Å². The number of H-pyrrole nitrogens is 1. The zero-order chi connectivity index (χ0) is 15.5. The lowest BCUT2D eigenvalue weighted by Gasteiger charge is -2.24. The second-order valence-corrected chi connectivity index (χ2v) is 6.69. The summed E-state index contributed by atoms with van der Waals surface area (Å²) in [6.45, 7) is 10.9. The van der Waals surface area contributed by atoms with Gasteiger partial charge >= 0.3 is 6.09 Å². The van der Waals surface area contributed by atoms with Crippen molar-refractivity contribution in [2.75, 3.05) is 19.6 Å². The highest BCUT2D eigenvalue weighted by Gasteiger charge is 2.29. The Bertz CT molecular complexity index is 478. The van der Waals surface area contributed by atoms with Gasteiger partial charge in [0.15, 0.2) is 0 Å². The van der Waals surface area contributed by atoms with Crippen molar-refractivity contribution < 1.29 is 9.53 Å². The third-order valence-electron chi connectivity index (χ3n) is 3.60. The van der Waals surface area contributed by atoms with E-state index >= 15 is 0 Å². The molecule has 1 unspecified atom stereocenters. The van der Waals surface area contributed by atoms with Crippen molar-refractivity contribution in [2.45, 2.75) is 46.3 Å². The molecule has 1 atom stereocenters. The Kier molecular flexibility index (Phi) is 4.88. The Morgan fingerprint density at radius 2 is 2.33 bits per heavy atom. The summed E-state index contributed by atoms with van der Waals surface area (Å²) in [5.41, 5.74) is 1.73. The maximum Gasteiger partial charge on any atom is 0.410 e. The van der Waals surface area contributed by atoms with Crippen molar-refractivity contribution in [2.24, 2.45) is 5.92 Å². The van der Waals surface area contributed by atoms with Gasteiger partial charge in [0, 0.05) is 31.9 Å². The van der Waals surface area contributed by atoms with Gasteiger partial charge in [-0.3, -0.25) is 0 Å². The number of nitrogens with zero attached hydrogens (tertiary/aromatic N) is 2. The number of ether oxygens (including phenoxy) is 1. The number of likely N-dealkylation sites (tertiary alicyclic amines) is 1. The van der Waals surface area contributed by atoms with Gasteiger partial charge in [-0.2, -0.15) is 0 Å². The zero-order valence-electron chi connectivity index (χ0n) is 13.4. The van der Waals surface area contributed by atoms with Crippen LogP contribution in [0.15, 0.2) is 6.33 Å². The second kappa shape index (κ2) is 6.47. The lowest BCUT2D eigenvalue weighted by atomic mass is 10.1. The molecule has 118 valence electrons. The van der Waals surface area contributed by atoms with Gasteiger partial charge in [-0.1, -0.05) is 0 Å². The molecule has 0 spiro atoms. The first kappa shape index (κ1) is 15.8. The van der Waals surface area contributed by atoms with E-state index in [1.165, 1.54) is 0 Å². The zero-order valence-corrected chi connectivity index (χ0v) is 13.4. The van der Waals surface area contributed by atoms with Crippen LogP contribution in [0.2, 0.25) is 0 Å². The van der Waals surface area contributed by atoms with Crippen LogP contribution in [0.3, 0.4) is 0 Å². The third kappa shape index (κ3) is 4.74. The summed E-state index contributed by atoms with van der Waals surface area (Å²) in [5, 5.41) is 3.42. The normalized spacial score (nSPS) is 19.0. The molecule has 6 nitrogen and oxygen atoms in total. The molecule has 6 heteroatoms. The van der Waals surface area contributed by atoms with Crippen LogP contribution in [0, 0.1) is 12.8 Å². The van der Waals surface area contributed by atoms with Crippen LogP contribution in [-0.2, 0) is 11.3 Å². The van der Waals surface area contributed by atoms with Gasteiger partial charge in [0.05, 0.1) is 12.0 Å². The molecule has 2 heterocycles. The van der Waals surface area contributed by atoms with Gasteiger partial charge in [0.2, 0.25) is 0 Å². The molecule has 0 radical (unpaired) electrons. The Morgan fingerprint density at radius 3 is 2.95 bits per heavy atom. The van der Waals surface area contributed by atoms with Gasteiger partial charge in [0.1, 0.15) is 5.60 Å². The summed E-state index contributed by atoms with van der Waals surface area (Å²) in [6.07, 6.45) is 2.53. The first-order chi connectivity index (χ1) is 9.85. The molecule has 2 rings (SSSR count). The van der Waals surface area contributed by atoms with Crippen molar-refractivity contribution in [3.63, 3.8) is 0 Å². The second-order valence-electron chi connectivity index (χ2n) is 6.69. The van der Waals surface area contributed by atoms with E-state index in [9.17, 15) is 4.79 Å². The first-order valence-corrected chi connectivity index (χ1v) is 7.52. The predicted molar refractivity (Wildman–Crippen MR) is 80.9 cm³/mol. The van der Waals surface area contributed by atoms with E-state index in [1.54, 1.807) is 11.2 Å². The van der Waals surface area contributed by atoms with Crippen LogP contribution >= 0.6 is 0 Å². The summed E-state index contributed by atoms with van der Waals surface area (Å²) >= 11 is 0. The number of carbonyl (C=O) groups excluding carboxylic acids is 1. The molecule has 1 amide bonds. The van der Waals surface area contributed by atoms with E-state index in [4.69, 9.17) is 4.74 Å². The van der Waals surface area contributed by atoms with Crippen molar-refractivity contribution in [1.29, 1.82) is 0 Å². The number of rotatable bonds is 4. The molecule has 1 fully saturated rings. The minimum Gasteiger partial charge on any atom is -0.444 e. The van der Waals surface area contributed by atoms with Gasteiger partial charge in [-0.25, -0.2) is 9.78 Å². The molecule has 0 bridgehead atoms. The largest absolute Gasteiger partial charge is 0.444 e. The fourth-order valence-electron chi connectivity index (χ4n) is 2.45. The summed E-state index contributed by atoms with van der Waals surface area (Å²) in [5.74, 6) is 0.483. The van der Waals surface area contributed by atoms with Crippen molar-refractivity contribution >= 4 is 6.09 Å². The minimum atomic E-state index is -0.426.